The van der Waals surface area contributed by atoms with Gasteiger partial charge in [0, 0.05) is 17.8 Å². The molecule has 1 heterocycles. The van der Waals surface area contributed by atoms with Crippen molar-refractivity contribution in [3.05, 3.63) is 64.2 Å². The fourth-order valence-corrected chi connectivity index (χ4v) is 2.60. The van der Waals surface area contributed by atoms with Crippen molar-refractivity contribution in [3.8, 4) is 5.75 Å². The minimum atomic E-state index is -0.598. The Morgan fingerprint density at radius 1 is 1.15 bits per heavy atom. The number of hydrogen-bond donors (Lipinski definition) is 1. The monoisotopic (exact) mass is 370 g/mol. The highest BCUT2D eigenvalue weighted by atomic mass is 16.6. The number of nitro benzene ring substituents is 1. The SMILES string of the molecule is CCC1(C(=O)Nc2ccc(C(=O)Oc3ccc([N+](=O)[O-])cc3)cc2)COC1. The van der Waals surface area contributed by atoms with Gasteiger partial charge < -0.3 is 14.8 Å². The van der Waals surface area contributed by atoms with Crippen molar-refractivity contribution in [1.82, 2.24) is 0 Å². The summed E-state index contributed by atoms with van der Waals surface area (Å²) in [5, 5.41) is 13.5. The minimum Gasteiger partial charge on any atom is -0.423 e. The Morgan fingerprint density at radius 2 is 1.78 bits per heavy atom. The van der Waals surface area contributed by atoms with Gasteiger partial charge in [0.1, 0.15) is 5.75 Å². The van der Waals surface area contributed by atoms with Crippen LogP contribution in [0.3, 0.4) is 0 Å². The first-order valence-electron chi connectivity index (χ1n) is 8.39. The molecule has 1 N–H and O–H groups in total. The maximum atomic E-state index is 12.4. The van der Waals surface area contributed by atoms with Gasteiger partial charge in [-0.25, -0.2) is 4.79 Å². The van der Waals surface area contributed by atoms with Crippen molar-refractivity contribution in [3.63, 3.8) is 0 Å². The van der Waals surface area contributed by atoms with Crippen LogP contribution in [0.15, 0.2) is 48.5 Å². The third-order valence-corrected chi connectivity index (χ3v) is 4.55. The topological polar surface area (TPSA) is 108 Å². The van der Waals surface area contributed by atoms with E-state index in [-0.39, 0.29) is 17.3 Å². The van der Waals surface area contributed by atoms with Crippen molar-refractivity contribution in [2.24, 2.45) is 5.41 Å². The van der Waals surface area contributed by atoms with Crippen LogP contribution in [0.2, 0.25) is 0 Å². The number of nitrogens with one attached hydrogen (secondary N) is 1. The summed E-state index contributed by atoms with van der Waals surface area (Å²) in [5.41, 5.74) is 0.305. The normalized spacial score (nSPS) is 14.7. The van der Waals surface area contributed by atoms with Crippen LogP contribution in [0.5, 0.6) is 5.75 Å². The Labute approximate surface area is 155 Å². The quantitative estimate of drug-likeness (QED) is 0.362. The average molecular weight is 370 g/mol. The number of hydrogen-bond acceptors (Lipinski definition) is 6. The first-order valence-corrected chi connectivity index (χ1v) is 8.39. The van der Waals surface area contributed by atoms with E-state index >= 15 is 0 Å². The van der Waals surface area contributed by atoms with Crippen LogP contribution >= 0.6 is 0 Å². The molecule has 1 aliphatic rings. The standard InChI is InChI=1S/C19H18N2O6/c1-2-19(11-26-12-19)18(23)20-14-5-3-13(4-6-14)17(22)27-16-9-7-15(8-10-16)21(24)25/h3-10H,2,11-12H2,1H3,(H,20,23). The molecular weight excluding hydrogens is 352 g/mol. The third-order valence-electron chi connectivity index (χ3n) is 4.55. The molecule has 1 amide bonds. The number of benzene rings is 2. The number of carbonyl (C=O) groups excluding carboxylic acids is 2. The van der Waals surface area contributed by atoms with E-state index in [4.69, 9.17) is 9.47 Å². The summed E-state index contributed by atoms with van der Waals surface area (Å²) in [7, 11) is 0. The van der Waals surface area contributed by atoms with E-state index in [2.05, 4.69) is 5.32 Å². The largest absolute Gasteiger partial charge is 0.423 e. The van der Waals surface area contributed by atoms with E-state index < -0.39 is 16.3 Å². The summed E-state index contributed by atoms with van der Waals surface area (Å²) in [4.78, 5) is 34.6. The van der Waals surface area contributed by atoms with E-state index in [1.54, 1.807) is 24.3 Å². The van der Waals surface area contributed by atoms with Gasteiger partial charge >= 0.3 is 5.97 Å². The second-order valence-electron chi connectivity index (χ2n) is 6.30. The van der Waals surface area contributed by atoms with Gasteiger partial charge in [-0.2, -0.15) is 0 Å². The number of ether oxygens (including phenoxy) is 2. The van der Waals surface area contributed by atoms with E-state index in [9.17, 15) is 19.7 Å². The van der Waals surface area contributed by atoms with Gasteiger partial charge in [-0.15, -0.1) is 0 Å². The molecule has 1 fully saturated rings. The molecule has 8 nitrogen and oxygen atoms in total. The highest BCUT2D eigenvalue weighted by Crippen LogP contribution is 2.32. The van der Waals surface area contributed by atoms with Gasteiger partial charge in [0.05, 0.1) is 29.1 Å². The number of carbonyl (C=O) groups is 2. The molecule has 2 aromatic carbocycles. The number of nitro groups is 1. The van der Waals surface area contributed by atoms with E-state index in [1.165, 1.54) is 24.3 Å². The molecule has 0 aromatic heterocycles. The molecule has 0 aliphatic carbocycles. The predicted molar refractivity (Wildman–Crippen MR) is 96.7 cm³/mol. The van der Waals surface area contributed by atoms with Gasteiger partial charge in [0.2, 0.25) is 5.91 Å². The van der Waals surface area contributed by atoms with E-state index in [1.807, 2.05) is 6.92 Å². The Kier molecular flexibility index (Phi) is 5.18. The van der Waals surface area contributed by atoms with Crippen LogP contribution in [0.25, 0.3) is 0 Å². The average Bonchev–Trinajstić information content (AvgIpc) is 2.62. The second-order valence-corrected chi connectivity index (χ2v) is 6.30. The first-order chi connectivity index (χ1) is 12.9. The van der Waals surface area contributed by atoms with Crippen LogP contribution < -0.4 is 10.1 Å². The number of anilines is 1. The summed E-state index contributed by atoms with van der Waals surface area (Å²) >= 11 is 0. The van der Waals surface area contributed by atoms with Crippen molar-refractivity contribution < 1.29 is 24.0 Å². The molecular formula is C19H18N2O6. The molecule has 0 spiro atoms. The van der Waals surface area contributed by atoms with Crippen molar-refractivity contribution >= 4 is 23.3 Å². The molecule has 0 saturated carbocycles. The molecule has 0 atom stereocenters. The predicted octanol–water partition coefficient (Wildman–Crippen LogP) is 3.18. The smallest absolute Gasteiger partial charge is 0.343 e. The summed E-state index contributed by atoms with van der Waals surface area (Å²) in [5.74, 6) is -0.491. The number of nitrogens with zero attached hydrogens (tertiary/aromatic N) is 1. The van der Waals surface area contributed by atoms with Crippen LogP contribution in [0, 0.1) is 15.5 Å². The lowest BCUT2D eigenvalue weighted by molar-refractivity contribution is -0.384. The molecule has 27 heavy (non-hydrogen) atoms. The lowest BCUT2D eigenvalue weighted by atomic mass is 9.82. The van der Waals surface area contributed by atoms with Gasteiger partial charge in [0.25, 0.3) is 5.69 Å². The summed E-state index contributed by atoms with van der Waals surface area (Å²) in [6.45, 7) is 2.77. The number of non-ortho nitro benzene ring substituents is 1. The molecule has 2 aromatic rings. The molecule has 3 rings (SSSR count). The molecule has 0 radical (unpaired) electrons. The van der Waals surface area contributed by atoms with Crippen LogP contribution in [0.1, 0.15) is 23.7 Å². The lowest BCUT2D eigenvalue weighted by Crippen LogP contribution is -2.51. The zero-order chi connectivity index (χ0) is 19.4. The van der Waals surface area contributed by atoms with Crippen LogP contribution in [-0.4, -0.2) is 30.0 Å². The molecule has 1 saturated heterocycles. The Bertz CT molecular complexity index is 851. The van der Waals surface area contributed by atoms with E-state index in [0.29, 0.717) is 30.9 Å². The molecule has 0 unspecified atom stereocenters. The van der Waals surface area contributed by atoms with Gasteiger partial charge in [-0.1, -0.05) is 6.92 Å². The Morgan fingerprint density at radius 3 is 2.26 bits per heavy atom. The third kappa shape index (κ3) is 3.95. The Balaban J connectivity index is 1.61. The number of rotatable bonds is 6. The Hall–Kier alpha value is -3.26. The van der Waals surface area contributed by atoms with Crippen molar-refractivity contribution in [2.45, 2.75) is 13.3 Å². The van der Waals surface area contributed by atoms with Crippen LogP contribution in [-0.2, 0) is 9.53 Å². The molecule has 0 bridgehead atoms. The summed E-state index contributed by atoms with van der Waals surface area (Å²) in [6, 6.07) is 11.5. The second kappa shape index (κ2) is 7.55. The minimum absolute atomic E-state index is 0.0865. The maximum absolute atomic E-state index is 12.4. The van der Waals surface area contributed by atoms with Gasteiger partial charge in [0.15, 0.2) is 0 Å². The molecule has 140 valence electrons. The van der Waals surface area contributed by atoms with Gasteiger partial charge in [-0.3, -0.25) is 14.9 Å². The fraction of sp³-hybridized carbons (Fsp3) is 0.263. The fourth-order valence-electron chi connectivity index (χ4n) is 2.60. The summed E-state index contributed by atoms with van der Waals surface area (Å²) in [6.07, 6.45) is 0.693. The van der Waals surface area contributed by atoms with Crippen molar-refractivity contribution in [2.75, 3.05) is 18.5 Å². The lowest BCUT2D eigenvalue weighted by Gasteiger charge is -2.38. The van der Waals surface area contributed by atoms with E-state index in [0.717, 1.165) is 0 Å². The highest BCUT2D eigenvalue weighted by molar-refractivity contribution is 5.97. The summed E-state index contributed by atoms with van der Waals surface area (Å²) < 4.78 is 10.3. The zero-order valence-corrected chi connectivity index (χ0v) is 14.6. The van der Waals surface area contributed by atoms with Gasteiger partial charge in [-0.05, 0) is 42.8 Å². The molecule has 8 heteroatoms. The number of esters is 1. The van der Waals surface area contributed by atoms with Crippen LogP contribution in [0.4, 0.5) is 11.4 Å². The maximum Gasteiger partial charge on any atom is 0.343 e. The number of amides is 1. The zero-order valence-electron chi connectivity index (χ0n) is 14.6. The van der Waals surface area contributed by atoms with Crippen molar-refractivity contribution in [1.29, 1.82) is 0 Å². The highest BCUT2D eigenvalue weighted by Gasteiger charge is 2.44. The first kappa shape index (κ1) is 18.5. The molecule has 1 aliphatic heterocycles.